The summed E-state index contributed by atoms with van der Waals surface area (Å²) in [6, 6.07) is 5.91. The molecule has 0 aliphatic rings. The average Bonchev–Trinajstić information content (AvgIpc) is 2.64. The van der Waals surface area contributed by atoms with Gasteiger partial charge < -0.3 is 10.5 Å². The third-order valence-corrected chi connectivity index (χ3v) is 6.13. The first-order valence-corrected chi connectivity index (χ1v) is 10.6. The third kappa shape index (κ3) is 5.36. The van der Waals surface area contributed by atoms with Crippen LogP contribution in [-0.2, 0) is 26.2 Å². The molecule has 10 nitrogen and oxygen atoms in total. The number of nitrogens with zero attached hydrogens (tertiary/aromatic N) is 2. The second-order valence-electron chi connectivity index (χ2n) is 7.79. The van der Waals surface area contributed by atoms with E-state index in [1.54, 1.807) is 26.8 Å². The standard InChI is InChI=1S/C19H26N4O6S/c1-13-11-22(18(26)21-16(13)24)12-23(9-10-29-17(25)19(2,3)4)30(27,28)15-8-6-5-7-14(15)20/h5-8,11H,9-10,12,20H2,1-4H3,(H,21,24,26). The number of ether oxygens (including phenoxy) is 1. The molecule has 1 aromatic heterocycles. The summed E-state index contributed by atoms with van der Waals surface area (Å²) in [6.45, 7) is 5.68. The molecule has 2 aromatic rings. The van der Waals surface area contributed by atoms with Gasteiger partial charge in [0.15, 0.2) is 0 Å². The van der Waals surface area contributed by atoms with Crippen molar-refractivity contribution in [1.82, 2.24) is 13.9 Å². The average molecular weight is 439 g/mol. The number of esters is 1. The lowest BCUT2D eigenvalue weighted by Crippen LogP contribution is -2.41. The van der Waals surface area contributed by atoms with Crippen LogP contribution in [0.4, 0.5) is 5.69 Å². The molecule has 0 spiro atoms. The maximum Gasteiger partial charge on any atom is 0.329 e. The van der Waals surface area contributed by atoms with Crippen molar-refractivity contribution in [1.29, 1.82) is 0 Å². The Kier molecular flexibility index (Phi) is 6.88. The summed E-state index contributed by atoms with van der Waals surface area (Å²) in [5.41, 5.74) is 4.05. The largest absolute Gasteiger partial charge is 0.464 e. The maximum absolute atomic E-state index is 13.2. The van der Waals surface area contributed by atoms with Crippen molar-refractivity contribution in [3.05, 3.63) is 56.9 Å². The molecule has 0 aliphatic carbocycles. The molecular weight excluding hydrogens is 412 g/mol. The van der Waals surface area contributed by atoms with Crippen molar-refractivity contribution in [2.24, 2.45) is 5.41 Å². The molecule has 0 saturated heterocycles. The van der Waals surface area contributed by atoms with Gasteiger partial charge in [-0.1, -0.05) is 12.1 Å². The summed E-state index contributed by atoms with van der Waals surface area (Å²) in [6.07, 6.45) is 1.26. The van der Waals surface area contributed by atoms with Crippen LogP contribution in [0.2, 0.25) is 0 Å². The summed E-state index contributed by atoms with van der Waals surface area (Å²) < 4.78 is 33.6. The van der Waals surface area contributed by atoms with Crippen LogP contribution in [0, 0.1) is 12.3 Å². The fourth-order valence-corrected chi connectivity index (χ4v) is 3.96. The van der Waals surface area contributed by atoms with Gasteiger partial charge in [-0.2, -0.15) is 4.31 Å². The minimum absolute atomic E-state index is 0.0409. The fraction of sp³-hybridized carbons (Fsp3) is 0.421. The number of carbonyl (C=O) groups is 1. The van der Waals surface area contributed by atoms with E-state index in [4.69, 9.17) is 10.5 Å². The van der Waals surface area contributed by atoms with Crippen LogP contribution in [0.25, 0.3) is 0 Å². The zero-order valence-electron chi connectivity index (χ0n) is 17.3. The SMILES string of the molecule is Cc1cn(CN(CCOC(=O)C(C)(C)C)S(=O)(=O)c2ccccc2N)c(=O)[nH]c1=O. The Labute approximate surface area is 174 Å². The van der Waals surface area contributed by atoms with E-state index in [2.05, 4.69) is 4.98 Å². The van der Waals surface area contributed by atoms with Gasteiger partial charge in [-0.25, -0.2) is 13.2 Å². The van der Waals surface area contributed by atoms with Crippen LogP contribution in [0.15, 0.2) is 44.9 Å². The quantitative estimate of drug-likeness (QED) is 0.477. The van der Waals surface area contributed by atoms with Crippen molar-refractivity contribution in [3.63, 3.8) is 0 Å². The topological polar surface area (TPSA) is 145 Å². The number of aryl methyl sites for hydroxylation is 1. The lowest BCUT2D eigenvalue weighted by molar-refractivity contribution is -0.153. The van der Waals surface area contributed by atoms with E-state index in [1.165, 1.54) is 31.3 Å². The van der Waals surface area contributed by atoms with Gasteiger partial charge in [-0.15, -0.1) is 0 Å². The van der Waals surface area contributed by atoms with Gasteiger partial charge >= 0.3 is 11.7 Å². The van der Waals surface area contributed by atoms with Gasteiger partial charge in [0.1, 0.15) is 11.5 Å². The van der Waals surface area contributed by atoms with Crippen molar-refractivity contribution in [2.45, 2.75) is 39.3 Å². The van der Waals surface area contributed by atoms with E-state index in [0.717, 1.165) is 8.87 Å². The number of nitrogens with two attached hydrogens (primary N) is 1. The fourth-order valence-electron chi connectivity index (χ4n) is 2.47. The molecule has 11 heteroatoms. The summed E-state index contributed by atoms with van der Waals surface area (Å²) in [4.78, 5) is 37.8. The van der Waals surface area contributed by atoms with Gasteiger partial charge in [0.25, 0.3) is 5.56 Å². The Balaban J connectivity index is 2.39. The van der Waals surface area contributed by atoms with Gasteiger partial charge in [0.05, 0.1) is 24.3 Å². The molecule has 1 aromatic carbocycles. The molecule has 0 fully saturated rings. The van der Waals surface area contributed by atoms with Gasteiger partial charge in [0, 0.05) is 11.8 Å². The number of aromatic nitrogens is 2. The minimum atomic E-state index is -4.14. The molecular formula is C19H26N4O6S. The Hall–Kier alpha value is -2.92. The van der Waals surface area contributed by atoms with Crippen molar-refractivity contribution in [2.75, 3.05) is 18.9 Å². The number of rotatable bonds is 7. The molecule has 0 aliphatic heterocycles. The number of H-pyrrole nitrogens is 1. The first-order chi connectivity index (χ1) is 13.8. The molecule has 164 valence electrons. The smallest absolute Gasteiger partial charge is 0.329 e. The minimum Gasteiger partial charge on any atom is -0.464 e. The highest BCUT2D eigenvalue weighted by Gasteiger charge is 2.28. The van der Waals surface area contributed by atoms with Crippen LogP contribution >= 0.6 is 0 Å². The highest BCUT2D eigenvalue weighted by Crippen LogP contribution is 2.22. The molecule has 3 N–H and O–H groups in total. The molecule has 0 amide bonds. The third-order valence-electron chi connectivity index (χ3n) is 4.22. The predicted octanol–water partition coefficient (Wildman–Crippen LogP) is 0.665. The van der Waals surface area contributed by atoms with E-state index in [-0.39, 0.29) is 29.3 Å². The van der Waals surface area contributed by atoms with E-state index in [1.807, 2.05) is 0 Å². The van der Waals surface area contributed by atoms with Gasteiger partial charge in [-0.05, 0) is 39.8 Å². The molecule has 0 radical (unpaired) electrons. The zero-order valence-corrected chi connectivity index (χ0v) is 18.2. The highest BCUT2D eigenvalue weighted by atomic mass is 32.2. The Bertz CT molecular complexity index is 1140. The van der Waals surface area contributed by atoms with Crippen molar-refractivity contribution in [3.8, 4) is 0 Å². The normalized spacial score (nSPS) is 12.2. The Morgan fingerprint density at radius 3 is 2.47 bits per heavy atom. The molecule has 0 bridgehead atoms. The van der Waals surface area contributed by atoms with E-state index in [0.29, 0.717) is 0 Å². The van der Waals surface area contributed by atoms with Crippen LogP contribution < -0.4 is 17.0 Å². The van der Waals surface area contributed by atoms with Crippen LogP contribution in [0.1, 0.15) is 26.3 Å². The Morgan fingerprint density at radius 2 is 1.87 bits per heavy atom. The first-order valence-electron chi connectivity index (χ1n) is 9.16. The molecule has 0 saturated carbocycles. The second kappa shape index (κ2) is 8.84. The number of carbonyl (C=O) groups excluding carboxylic acids is 1. The monoisotopic (exact) mass is 438 g/mol. The molecule has 2 rings (SSSR count). The van der Waals surface area contributed by atoms with Gasteiger partial charge in [0.2, 0.25) is 10.0 Å². The number of nitrogen functional groups attached to an aromatic ring is 1. The number of aromatic amines is 1. The first kappa shape index (κ1) is 23.4. The van der Waals surface area contributed by atoms with Crippen LogP contribution in [-0.4, -0.2) is 41.4 Å². The molecule has 1 heterocycles. The van der Waals surface area contributed by atoms with Crippen LogP contribution in [0.3, 0.4) is 0 Å². The van der Waals surface area contributed by atoms with Crippen LogP contribution in [0.5, 0.6) is 0 Å². The number of para-hydroxylation sites is 1. The molecule has 0 unspecified atom stereocenters. The highest BCUT2D eigenvalue weighted by molar-refractivity contribution is 7.89. The predicted molar refractivity (Wildman–Crippen MR) is 111 cm³/mol. The van der Waals surface area contributed by atoms with E-state index >= 15 is 0 Å². The summed E-state index contributed by atoms with van der Waals surface area (Å²) >= 11 is 0. The summed E-state index contributed by atoms with van der Waals surface area (Å²) in [7, 11) is -4.14. The summed E-state index contributed by atoms with van der Waals surface area (Å²) in [5.74, 6) is -0.490. The van der Waals surface area contributed by atoms with Gasteiger partial charge in [-0.3, -0.25) is 19.1 Å². The maximum atomic E-state index is 13.2. The second-order valence-corrected chi connectivity index (χ2v) is 9.69. The Morgan fingerprint density at radius 1 is 1.23 bits per heavy atom. The lowest BCUT2D eigenvalue weighted by Gasteiger charge is -2.24. The number of nitrogens with one attached hydrogen (secondary N) is 1. The van der Waals surface area contributed by atoms with E-state index in [9.17, 15) is 22.8 Å². The number of benzene rings is 1. The van der Waals surface area contributed by atoms with Crippen molar-refractivity contribution >= 4 is 21.7 Å². The number of anilines is 1. The lowest BCUT2D eigenvalue weighted by atomic mass is 9.97. The summed E-state index contributed by atoms with van der Waals surface area (Å²) in [5, 5.41) is 0. The van der Waals surface area contributed by atoms with Crippen molar-refractivity contribution < 1.29 is 17.9 Å². The molecule has 0 atom stereocenters. The number of hydrogen-bond acceptors (Lipinski definition) is 7. The zero-order chi connectivity index (χ0) is 22.7. The number of hydrogen-bond donors (Lipinski definition) is 2. The number of sulfonamides is 1. The molecule has 30 heavy (non-hydrogen) atoms. The van der Waals surface area contributed by atoms with E-state index < -0.39 is 39.3 Å².